The lowest BCUT2D eigenvalue weighted by molar-refractivity contribution is -0.137. The fraction of sp³-hybridized carbons (Fsp3) is 0.0556. The van der Waals surface area contributed by atoms with Gasteiger partial charge in [0.1, 0.15) is 11.3 Å². The van der Waals surface area contributed by atoms with Gasteiger partial charge in [-0.15, -0.1) is 0 Å². The van der Waals surface area contributed by atoms with Crippen LogP contribution in [-0.2, 0) is 6.18 Å². The van der Waals surface area contributed by atoms with Gasteiger partial charge >= 0.3 is 6.18 Å². The molecule has 2 aromatic heterocycles. The summed E-state index contributed by atoms with van der Waals surface area (Å²) in [6, 6.07) is 14.3. The number of rotatable bonds is 1. The van der Waals surface area contributed by atoms with E-state index in [4.69, 9.17) is 4.42 Å². The van der Waals surface area contributed by atoms with Crippen LogP contribution >= 0.6 is 0 Å². The molecule has 0 amide bonds. The summed E-state index contributed by atoms with van der Waals surface area (Å²) in [6.07, 6.45) is -2.71. The first-order valence-electron chi connectivity index (χ1n) is 6.97. The highest BCUT2D eigenvalue weighted by Crippen LogP contribution is 2.35. The van der Waals surface area contributed by atoms with Gasteiger partial charge in [0.05, 0.1) is 11.1 Å². The summed E-state index contributed by atoms with van der Waals surface area (Å²) in [5.41, 5.74) is 1.10. The number of furan rings is 1. The third kappa shape index (κ3) is 2.34. The Hall–Kier alpha value is -2.82. The molecule has 23 heavy (non-hydrogen) atoms. The van der Waals surface area contributed by atoms with E-state index in [2.05, 4.69) is 4.98 Å². The monoisotopic (exact) mass is 313 g/mol. The molecular formula is C18H10F3NO. The maximum Gasteiger partial charge on any atom is 0.416 e. The standard InChI is InChI=1S/C18H10F3NO/c19-18(20,21)13-5-3-4-11(8-13)16-9-12-10-22-15-7-2-1-6-14(15)17(12)23-16/h1-10H. The molecule has 0 radical (unpaired) electrons. The molecule has 4 aromatic rings. The van der Waals surface area contributed by atoms with Crippen LogP contribution < -0.4 is 0 Å². The second kappa shape index (κ2) is 4.84. The molecule has 2 heterocycles. The van der Waals surface area contributed by atoms with E-state index in [-0.39, 0.29) is 0 Å². The van der Waals surface area contributed by atoms with Crippen LogP contribution in [0, 0.1) is 0 Å². The zero-order chi connectivity index (χ0) is 16.0. The number of hydrogen-bond donors (Lipinski definition) is 0. The molecule has 2 nitrogen and oxygen atoms in total. The van der Waals surface area contributed by atoms with Crippen LogP contribution in [0.2, 0.25) is 0 Å². The van der Waals surface area contributed by atoms with Crippen molar-refractivity contribution in [3.63, 3.8) is 0 Å². The second-order valence-electron chi connectivity index (χ2n) is 5.25. The van der Waals surface area contributed by atoms with Crippen LogP contribution in [0.5, 0.6) is 0 Å². The van der Waals surface area contributed by atoms with Crippen LogP contribution in [0.4, 0.5) is 13.2 Å². The summed E-state index contributed by atoms with van der Waals surface area (Å²) < 4.78 is 44.4. The van der Waals surface area contributed by atoms with E-state index < -0.39 is 11.7 Å². The molecular weight excluding hydrogens is 303 g/mol. The van der Waals surface area contributed by atoms with Crippen molar-refractivity contribution in [2.45, 2.75) is 6.18 Å². The summed E-state index contributed by atoms with van der Waals surface area (Å²) in [5.74, 6) is 0.393. The Kier molecular flexibility index (Phi) is 2.91. The van der Waals surface area contributed by atoms with E-state index in [1.54, 1.807) is 18.3 Å². The molecule has 4 rings (SSSR count). The van der Waals surface area contributed by atoms with Gasteiger partial charge in [0.2, 0.25) is 0 Å². The molecule has 0 aliphatic rings. The van der Waals surface area contributed by atoms with E-state index in [0.29, 0.717) is 16.9 Å². The van der Waals surface area contributed by atoms with Crippen molar-refractivity contribution in [3.05, 3.63) is 66.4 Å². The number of fused-ring (bicyclic) bond motifs is 3. The molecule has 0 bridgehead atoms. The summed E-state index contributed by atoms with van der Waals surface area (Å²) >= 11 is 0. The van der Waals surface area contributed by atoms with Gasteiger partial charge in [-0.25, -0.2) is 0 Å². The molecule has 0 spiro atoms. The van der Waals surface area contributed by atoms with Crippen LogP contribution in [0.25, 0.3) is 33.2 Å². The normalized spacial score (nSPS) is 12.1. The highest BCUT2D eigenvalue weighted by Gasteiger charge is 2.30. The minimum atomic E-state index is -4.38. The van der Waals surface area contributed by atoms with Crippen LogP contribution in [0.3, 0.4) is 0 Å². The Balaban J connectivity index is 1.91. The van der Waals surface area contributed by atoms with Crippen LogP contribution in [0.1, 0.15) is 5.56 Å². The minimum absolute atomic E-state index is 0.389. The number of nitrogens with zero attached hydrogens (tertiary/aromatic N) is 1. The Bertz CT molecular complexity index is 1020. The van der Waals surface area contributed by atoms with Crippen molar-refractivity contribution in [2.75, 3.05) is 0 Å². The quantitative estimate of drug-likeness (QED) is 0.453. The highest BCUT2D eigenvalue weighted by molar-refractivity contribution is 6.03. The largest absolute Gasteiger partial charge is 0.455 e. The molecule has 5 heteroatoms. The fourth-order valence-electron chi connectivity index (χ4n) is 2.62. The number of benzene rings is 2. The first kappa shape index (κ1) is 13.8. The number of pyridine rings is 1. The predicted molar refractivity (Wildman–Crippen MR) is 82.0 cm³/mol. The number of aromatic nitrogens is 1. The Morgan fingerprint density at radius 1 is 0.913 bits per heavy atom. The van der Waals surface area contributed by atoms with Gasteiger partial charge in [0.15, 0.2) is 0 Å². The Labute approximate surface area is 129 Å². The Morgan fingerprint density at radius 3 is 2.57 bits per heavy atom. The van der Waals surface area contributed by atoms with Crippen molar-refractivity contribution in [1.82, 2.24) is 4.98 Å². The summed E-state index contributed by atoms with van der Waals surface area (Å²) in [7, 11) is 0. The first-order valence-corrected chi connectivity index (χ1v) is 6.97. The number of para-hydroxylation sites is 1. The van der Waals surface area contributed by atoms with Crippen LogP contribution in [0.15, 0.2) is 65.2 Å². The molecule has 0 aliphatic carbocycles. The number of halogens is 3. The molecule has 0 N–H and O–H groups in total. The summed E-state index contributed by atoms with van der Waals surface area (Å²) in [4.78, 5) is 4.33. The van der Waals surface area contributed by atoms with Crippen molar-refractivity contribution in [2.24, 2.45) is 0 Å². The first-order chi connectivity index (χ1) is 11.0. The van der Waals surface area contributed by atoms with Crippen molar-refractivity contribution < 1.29 is 17.6 Å². The van der Waals surface area contributed by atoms with E-state index in [1.165, 1.54) is 6.07 Å². The molecule has 0 aliphatic heterocycles. The zero-order valence-electron chi connectivity index (χ0n) is 11.8. The lowest BCUT2D eigenvalue weighted by Crippen LogP contribution is -2.04. The third-order valence-electron chi connectivity index (χ3n) is 3.73. The summed E-state index contributed by atoms with van der Waals surface area (Å²) in [5, 5.41) is 1.60. The van der Waals surface area contributed by atoms with E-state index in [9.17, 15) is 13.2 Å². The zero-order valence-corrected chi connectivity index (χ0v) is 11.8. The van der Waals surface area contributed by atoms with Gasteiger partial charge in [-0.1, -0.05) is 24.3 Å². The van der Waals surface area contributed by atoms with Crippen molar-refractivity contribution in [3.8, 4) is 11.3 Å². The topological polar surface area (TPSA) is 26.0 Å². The van der Waals surface area contributed by atoms with E-state index in [0.717, 1.165) is 28.4 Å². The van der Waals surface area contributed by atoms with E-state index >= 15 is 0 Å². The van der Waals surface area contributed by atoms with Gasteiger partial charge in [0.25, 0.3) is 0 Å². The van der Waals surface area contributed by atoms with Gasteiger partial charge in [0, 0.05) is 22.5 Å². The molecule has 0 saturated heterocycles. The van der Waals surface area contributed by atoms with Gasteiger partial charge in [-0.2, -0.15) is 13.2 Å². The average molecular weight is 313 g/mol. The van der Waals surface area contributed by atoms with Crippen molar-refractivity contribution >= 4 is 21.9 Å². The highest BCUT2D eigenvalue weighted by atomic mass is 19.4. The molecule has 2 aromatic carbocycles. The lowest BCUT2D eigenvalue weighted by atomic mass is 10.1. The smallest absolute Gasteiger partial charge is 0.416 e. The van der Waals surface area contributed by atoms with Gasteiger partial charge in [-0.05, 0) is 30.3 Å². The van der Waals surface area contributed by atoms with Gasteiger partial charge in [-0.3, -0.25) is 4.98 Å². The van der Waals surface area contributed by atoms with Gasteiger partial charge < -0.3 is 4.42 Å². The average Bonchev–Trinajstić information content (AvgIpc) is 2.99. The maximum atomic E-state index is 12.9. The molecule has 0 atom stereocenters. The molecule has 0 fully saturated rings. The predicted octanol–water partition coefficient (Wildman–Crippen LogP) is 5.67. The molecule has 114 valence electrons. The lowest BCUT2D eigenvalue weighted by Gasteiger charge is -2.07. The Morgan fingerprint density at radius 2 is 1.74 bits per heavy atom. The maximum absolute atomic E-state index is 12.9. The van der Waals surface area contributed by atoms with E-state index in [1.807, 2.05) is 24.3 Å². The molecule has 0 unspecified atom stereocenters. The number of hydrogen-bond acceptors (Lipinski definition) is 2. The van der Waals surface area contributed by atoms with Crippen LogP contribution in [-0.4, -0.2) is 4.98 Å². The van der Waals surface area contributed by atoms with Crippen molar-refractivity contribution in [1.29, 1.82) is 0 Å². The third-order valence-corrected chi connectivity index (χ3v) is 3.73. The fourth-order valence-corrected chi connectivity index (χ4v) is 2.62. The molecule has 0 saturated carbocycles. The summed E-state index contributed by atoms with van der Waals surface area (Å²) in [6.45, 7) is 0. The second-order valence-corrected chi connectivity index (χ2v) is 5.25. The minimum Gasteiger partial charge on any atom is -0.455 e. The SMILES string of the molecule is FC(F)(F)c1cccc(-c2cc3cnc4ccccc4c3o2)c1. The number of alkyl halides is 3.